The van der Waals surface area contributed by atoms with Crippen molar-refractivity contribution in [3.63, 3.8) is 0 Å². The fourth-order valence-corrected chi connectivity index (χ4v) is 3.47. The van der Waals surface area contributed by atoms with E-state index in [0.717, 1.165) is 41.7 Å². The van der Waals surface area contributed by atoms with Gasteiger partial charge in [-0.05, 0) is 30.3 Å². The van der Waals surface area contributed by atoms with Crippen LogP contribution in [-0.2, 0) is 11.3 Å². The van der Waals surface area contributed by atoms with Crippen molar-refractivity contribution in [2.75, 3.05) is 41.3 Å². The van der Waals surface area contributed by atoms with Crippen LogP contribution < -0.4 is 20.7 Å². The van der Waals surface area contributed by atoms with Crippen LogP contribution in [-0.4, -0.2) is 41.9 Å². The number of carbonyl (C=O) groups excluding carboxylic acids is 1. The number of amides is 1. The summed E-state index contributed by atoms with van der Waals surface area (Å²) in [7, 11) is 0. The third kappa shape index (κ3) is 4.88. The minimum absolute atomic E-state index is 0.286. The highest BCUT2D eigenvalue weighted by atomic mass is 19.1. The molecule has 1 aliphatic heterocycles. The molecule has 1 fully saturated rings. The van der Waals surface area contributed by atoms with Crippen molar-refractivity contribution in [3.05, 3.63) is 82.7 Å². The first-order valence-corrected chi connectivity index (χ1v) is 9.87. The van der Waals surface area contributed by atoms with Crippen LogP contribution in [0.15, 0.2) is 65.5 Å². The fraction of sp³-hybridized carbons (Fsp3) is 0.227. The molecule has 160 valence electrons. The fourth-order valence-electron chi connectivity index (χ4n) is 3.47. The molecule has 2 aromatic carbocycles. The van der Waals surface area contributed by atoms with E-state index in [9.17, 15) is 18.4 Å². The topological polar surface area (TPSA) is 70.5 Å². The van der Waals surface area contributed by atoms with Crippen LogP contribution in [0.4, 0.5) is 26.0 Å². The van der Waals surface area contributed by atoms with E-state index in [0.29, 0.717) is 18.9 Å². The Bertz CT molecular complexity index is 1130. The van der Waals surface area contributed by atoms with Crippen molar-refractivity contribution in [2.24, 2.45) is 0 Å². The van der Waals surface area contributed by atoms with Crippen molar-refractivity contribution in [2.45, 2.75) is 6.54 Å². The maximum absolute atomic E-state index is 13.7. The standard InChI is InChI=1S/C22H21F2N5O2/c23-16-6-7-18(24)19(14-16)25-21(30)15-29-22(31)9-8-20(26-29)28-12-10-27(11-13-28)17-4-2-1-3-5-17/h1-9,14H,10-13,15H2,(H,25,30). The highest BCUT2D eigenvalue weighted by molar-refractivity contribution is 5.90. The summed E-state index contributed by atoms with van der Waals surface area (Å²) in [5.41, 5.74) is 0.411. The number of anilines is 3. The normalized spacial score (nSPS) is 13.9. The molecule has 1 aliphatic rings. The first-order chi connectivity index (χ1) is 15.0. The van der Waals surface area contributed by atoms with Gasteiger partial charge in [0, 0.05) is 44.0 Å². The van der Waals surface area contributed by atoms with Crippen LogP contribution in [0.1, 0.15) is 0 Å². The van der Waals surface area contributed by atoms with Crippen LogP contribution in [0.5, 0.6) is 0 Å². The third-order valence-corrected chi connectivity index (χ3v) is 5.07. The second-order valence-electron chi connectivity index (χ2n) is 7.17. The van der Waals surface area contributed by atoms with Crippen LogP contribution >= 0.6 is 0 Å². The van der Waals surface area contributed by atoms with E-state index in [2.05, 4.69) is 27.4 Å². The molecule has 1 aromatic heterocycles. The largest absolute Gasteiger partial charge is 0.368 e. The number of carbonyl (C=O) groups is 1. The number of nitrogens with one attached hydrogen (secondary N) is 1. The van der Waals surface area contributed by atoms with E-state index in [4.69, 9.17) is 0 Å². The van der Waals surface area contributed by atoms with Crippen LogP contribution in [0.3, 0.4) is 0 Å². The number of halogens is 2. The quantitative estimate of drug-likeness (QED) is 0.680. The van der Waals surface area contributed by atoms with Crippen molar-refractivity contribution < 1.29 is 13.6 Å². The zero-order chi connectivity index (χ0) is 21.8. The van der Waals surface area contributed by atoms with Gasteiger partial charge in [0.1, 0.15) is 24.0 Å². The van der Waals surface area contributed by atoms with Crippen molar-refractivity contribution in [3.8, 4) is 0 Å². The van der Waals surface area contributed by atoms with E-state index < -0.39 is 29.6 Å². The Labute approximate surface area is 177 Å². The summed E-state index contributed by atoms with van der Waals surface area (Å²) in [5, 5.41) is 6.57. The molecule has 4 rings (SSSR count). The number of hydrogen-bond donors (Lipinski definition) is 1. The summed E-state index contributed by atoms with van der Waals surface area (Å²) in [6, 6.07) is 15.8. The second kappa shape index (κ2) is 8.95. The molecule has 7 nitrogen and oxygen atoms in total. The lowest BCUT2D eigenvalue weighted by Gasteiger charge is -2.36. The van der Waals surface area contributed by atoms with Gasteiger partial charge < -0.3 is 15.1 Å². The SMILES string of the molecule is O=C(Cn1nc(N2CCN(c3ccccc3)CC2)ccc1=O)Nc1cc(F)ccc1F. The van der Waals surface area contributed by atoms with E-state index >= 15 is 0 Å². The van der Waals surface area contributed by atoms with E-state index in [-0.39, 0.29) is 5.69 Å². The Hall–Kier alpha value is -3.75. The number of benzene rings is 2. The molecular weight excluding hydrogens is 404 g/mol. The van der Waals surface area contributed by atoms with E-state index in [1.807, 2.05) is 23.1 Å². The van der Waals surface area contributed by atoms with Crippen molar-refractivity contribution >= 4 is 23.1 Å². The average Bonchev–Trinajstić information content (AvgIpc) is 2.78. The maximum atomic E-state index is 13.7. The maximum Gasteiger partial charge on any atom is 0.267 e. The predicted octanol–water partition coefficient (Wildman–Crippen LogP) is 2.49. The number of para-hydroxylation sites is 1. The van der Waals surface area contributed by atoms with Gasteiger partial charge in [-0.2, -0.15) is 5.10 Å². The van der Waals surface area contributed by atoms with Gasteiger partial charge in [-0.1, -0.05) is 18.2 Å². The monoisotopic (exact) mass is 425 g/mol. The molecule has 0 aliphatic carbocycles. The van der Waals surface area contributed by atoms with Gasteiger partial charge in [0.05, 0.1) is 5.69 Å². The Balaban J connectivity index is 1.42. The molecular formula is C22H21F2N5O2. The molecule has 1 saturated heterocycles. The predicted molar refractivity (Wildman–Crippen MR) is 114 cm³/mol. The van der Waals surface area contributed by atoms with Crippen molar-refractivity contribution in [1.82, 2.24) is 9.78 Å². The molecule has 31 heavy (non-hydrogen) atoms. The van der Waals surface area contributed by atoms with Gasteiger partial charge in [0.15, 0.2) is 0 Å². The minimum atomic E-state index is -0.764. The smallest absolute Gasteiger partial charge is 0.267 e. The summed E-state index contributed by atoms with van der Waals surface area (Å²) in [5.74, 6) is -1.54. The van der Waals surface area contributed by atoms with Gasteiger partial charge in [-0.3, -0.25) is 9.59 Å². The Morgan fingerprint density at radius 2 is 1.65 bits per heavy atom. The summed E-state index contributed by atoms with van der Waals surface area (Å²) >= 11 is 0. The number of hydrogen-bond acceptors (Lipinski definition) is 5. The lowest BCUT2D eigenvalue weighted by atomic mass is 10.2. The highest BCUT2D eigenvalue weighted by Crippen LogP contribution is 2.18. The molecule has 0 atom stereocenters. The van der Waals surface area contributed by atoms with Crippen LogP contribution in [0.25, 0.3) is 0 Å². The highest BCUT2D eigenvalue weighted by Gasteiger charge is 2.19. The lowest BCUT2D eigenvalue weighted by molar-refractivity contribution is -0.117. The minimum Gasteiger partial charge on any atom is -0.368 e. The molecule has 0 radical (unpaired) electrons. The van der Waals surface area contributed by atoms with Gasteiger partial charge in [-0.25, -0.2) is 13.5 Å². The molecule has 1 N–H and O–H groups in total. The summed E-state index contributed by atoms with van der Waals surface area (Å²) in [6.07, 6.45) is 0. The number of rotatable bonds is 5. The van der Waals surface area contributed by atoms with Crippen LogP contribution in [0.2, 0.25) is 0 Å². The summed E-state index contributed by atoms with van der Waals surface area (Å²) < 4.78 is 28.0. The summed E-state index contributed by atoms with van der Waals surface area (Å²) in [6.45, 7) is 2.60. The van der Waals surface area contributed by atoms with E-state index in [1.54, 1.807) is 6.07 Å². The molecule has 0 bridgehead atoms. The molecule has 1 amide bonds. The Morgan fingerprint density at radius 1 is 0.935 bits per heavy atom. The van der Waals surface area contributed by atoms with Gasteiger partial charge in [0.25, 0.3) is 5.56 Å². The zero-order valence-electron chi connectivity index (χ0n) is 16.7. The number of piperazine rings is 1. The van der Waals surface area contributed by atoms with E-state index in [1.165, 1.54) is 6.07 Å². The first-order valence-electron chi connectivity index (χ1n) is 9.87. The number of aromatic nitrogens is 2. The summed E-state index contributed by atoms with van der Waals surface area (Å²) in [4.78, 5) is 28.7. The molecule has 9 heteroatoms. The molecule has 3 aromatic rings. The second-order valence-corrected chi connectivity index (χ2v) is 7.17. The lowest BCUT2D eigenvalue weighted by Crippen LogP contribution is -2.47. The molecule has 0 spiro atoms. The first kappa shape index (κ1) is 20.5. The number of nitrogens with zero attached hydrogens (tertiary/aromatic N) is 4. The third-order valence-electron chi connectivity index (χ3n) is 5.07. The molecule has 0 unspecified atom stereocenters. The molecule has 0 saturated carbocycles. The van der Waals surface area contributed by atoms with Gasteiger partial charge in [0.2, 0.25) is 5.91 Å². The van der Waals surface area contributed by atoms with Gasteiger partial charge in [-0.15, -0.1) is 0 Å². The van der Waals surface area contributed by atoms with Crippen LogP contribution in [0, 0.1) is 11.6 Å². The zero-order valence-corrected chi connectivity index (χ0v) is 16.7. The molecule has 2 heterocycles. The van der Waals surface area contributed by atoms with Gasteiger partial charge >= 0.3 is 0 Å². The Morgan fingerprint density at radius 3 is 2.39 bits per heavy atom. The average molecular weight is 425 g/mol. The van der Waals surface area contributed by atoms with Crippen molar-refractivity contribution in [1.29, 1.82) is 0 Å². The Kier molecular flexibility index (Phi) is 5.92.